The van der Waals surface area contributed by atoms with Gasteiger partial charge in [-0.25, -0.2) is 9.18 Å². The number of halogens is 1. The second-order valence-corrected chi connectivity index (χ2v) is 3.85. The van der Waals surface area contributed by atoms with Gasteiger partial charge in [-0.05, 0) is 25.0 Å². The summed E-state index contributed by atoms with van der Waals surface area (Å²) in [6.07, 6.45) is 1.66. The predicted octanol–water partition coefficient (Wildman–Crippen LogP) is 1.94. The zero-order chi connectivity index (χ0) is 13.5. The van der Waals surface area contributed by atoms with Gasteiger partial charge < -0.3 is 20.9 Å². The van der Waals surface area contributed by atoms with E-state index in [1.54, 1.807) is 7.11 Å². The Labute approximate surface area is 105 Å². The highest BCUT2D eigenvalue weighted by Gasteiger charge is 2.12. The molecule has 0 saturated carbocycles. The zero-order valence-electron chi connectivity index (χ0n) is 10.2. The first kappa shape index (κ1) is 14.2. The van der Waals surface area contributed by atoms with Crippen molar-refractivity contribution in [3.63, 3.8) is 0 Å². The van der Waals surface area contributed by atoms with E-state index in [1.165, 1.54) is 6.07 Å². The fourth-order valence-corrected chi connectivity index (χ4v) is 1.50. The molecule has 0 atom stereocenters. The van der Waals surface area contributed by atoms with Crippen molar-refractivity contribution in [1.82, 2.24) is 0 Å². The summed E-state index contributed by atoms with van der Waals surface area (Å²) in [6.45, 7) is 1.19. The molecule has 0 aliphatic carbocycles. The Morgan fingerprint density at radius 2 is 2.22 bits per heavy atom. The summed E-state index contributed by atoms with van der Waals surface area (Å²) in [6, 6.07) is 2.23. The molecule has 0 amide bonds. The molecule has 6 heteroatoms. The van der Waals surface area contributed by atoms with E-state index in [0.29, 0.717) is 13.2 Å². The lowest BCUT2D eigenvalue weighted by Crippen LogP contribution is -2.08. The molecule has 1 rings (SSSR count). The van der Waals surface area contributed by atoms with Crippen LogP contribution in [0.25, 0.3) is 0 Å². The highest BCUT2D eigenvalue weighted by atomic mass is 19.1. The Bertz CT molecular complexity index is 424. The first-order valence-electron chi connectivity index (χ1n) is 5.61. The molecule has 0 aliphatic rings. The lowest BCUT2D eigenvalue weighted by atomic mass is 10.1. The van der Waals surface area contributed by atoms with Gasteiger partial charge in [0.2, 0.25) is 0 Å². The Morgan fingerprint density at radius 1 is 1.50 bits per heavy atom. The summed E-state index contributed by atoms with van der Waals surface area (Å²) in [4.78, 5) is 10.9. The molecule has 0 aromatic heterocycles. The van der Waals surface area contributed by atoms with Gasteiger partial charge >= 0.3 is 5.97 Å². The van der Waals surface area contributed by atoms with E-state index >= 15 is 0 Å². The maximum Gasteiger partial charge on any atom is 0.337 e. The fourth-order valence-electron chi connectivity index (χ4n) is 1.50. The Kier molecular flexibility index (Phi) is 5.38. The molecule has 0 radical (unpaired) electrons. The second kappa shape index (κ2) is 6.80. The molecule has 5 nitrogen and oxygen atoms in total. The monoisotopic (exact) mass is 256 g/mol. The number of unbranched alkanes of at least 4 members (excludes halogenated alkanes) is 1. The van der Waals surface area contributed by atoms with Crippen LogP contribution in [0.5, 0.6) is 0 Å². The van der Waals surface area contributed by atoms with Crippen molar-refractivity contribution < 1.29 is 19.0 Å². The molecule has 0 aliphatic heterocycles. The van der Waals surface area contributed by atoms with Crippen LogP contribution < -0.4 is 11.1 Å². The van der Waals surface area contributed by atoms with Crippen LogP contribution in [-0.2, 0) is 4.74 Å². The minimum atomic E-state index is -1.17. The summed E-state index contributed by atoms with van der Waals surface area (Å²) in [7, 11) is 1.62. The number of nitrogens with one attached hydrogen (secondary N) is 1. The number of carboxylic acid groups (broad SMARTS) is 1. The molecule has 1 aromatic carbocycles. The van der Waals surface area contributed by atoms with Crippen molar-refractivity contribution in [3.05, 3.63) is 23.5 Å². The van der Waals surface area contributed by atoms with Crippen LogP contribution >= 0.6 is 0 Å². The zero-order valence-corrected chi connectivity index (χ0v) is 10.2. The van der Waals surface area contributed by atoms with Gasteiger partial charge in [-0.2, -0.15) is 0 Å². The van der Waals surface area contributed by atoms with E-state index < -0.39 is 11.8 Å². The summed E-state index contributed by atoms with van der Waals surface area (Å²) >= 11 is 0. The third-order valence-corrected chi connectivity index (χ3v) is 2.46. The van der Waals surface area contributed by atoms with Crippen molar-refractivity contribution in [2.75, 3.05) is 31.3 Å². The largest absolute Gasteiger partial charge is 0.478 e. The maximum atomic E-state index is 13.5. The van der Waals surface area contributed by atoms with E-state index in [-0.39, 0.29) is 16.9 Å². The second-order valence-electron chi connectivity index (χ2n) is 3.85. The molecule has 1 aromatic rings. The number of nitrogen functional groups attached to an aromatic ring is 1. The van der Waals surface area contributed by atoms with Gasteiger partial charge in [0.25, 0.3) is 0 Å². The molecule has 0 heterocycles. The smallest absolute Gasteiger partial charge is 0.337 e. The Morgan fingerprint density at radius 3 is 2.83 bits per heavy atom. The van der Waals surface area contributed by atoms with E-state index in [0.717, 1.165) is 18.9 Å². The number of aromatic carboxylic acids is 1. The van der Waals surface area contributed by atoms with Gasteiger partial charge in [-0.3, -0.25) is 0 Å². The van der Waals surface area contributed by atoms with Crippen LogP contribution in [0.1, 0.15) is 23.2 Å². The number of hydrogen-bond donors (Lipinski definition) is 3. The van der Waals surface area contributed by atoms with Crippen LogP contribution in [0.4, 0.5) is 15.8 Å². The van der Waals surface area contributed by atoms with Gasteiger partial charge in [0, 0.05) is 25.9 Å². The van der Waals surface area contributed by atoms with Gasteiger partial charge in [-0.1, -0.05) is 0 Å². The third kappa shape index (κ3) is 3.89. The number of nitrogens with two attached hydrogens (primary N) is 1. The minimum Gasteiger partial charge on any atom is -0.478 e. The molecule has 0 saturated heterocycles. The predicted molar refractivity (Wildman–Crippen MR) is 67.4 cm³/mol. The SMILES string of the molecule is COCCCCNc1cc(C(=O)O)c(N)cc1F. The van der Waals surface area contributed by atoms with Crippen LogP contribution in [0.3, 0.4) is 0 Å². The summed E-state index contributed by atoms with van der Waals surface area (Å²) in [5.74, 6) is -1.72. The van der Waals surface area contributed by atoms with E-state index in [2.05, 4.69) is 5.32 Å². The number of methoxy groups -OCH3 is 1. The number of carboxylic acids is 1. The average molecular weight is 256 g/mol. The molecular weight excluding hydrogens is 239 g/mol. The maximum absolute atomic E-state index is 13.5. The summed E-state index contributed by atoms with van der Waals surface area (Å²) in [5, 5.41) is 11.7. The molecular formula is C12H17FN2O3. The number of benzene rings is 1. The van der Waals surface area contributed by atoms with Crippen LogP contribution in [0.15, 0.2) is 12.1 Å². The quantitative estimate of drug-likeness (QED) is 0.513. The molecule has 0 unspecified atom stereocenters. The van der Waals surface area contributed by atoms with Gasteiger partial charge in [0.15, 0.2) is 0 Å². The third-order valence-electron chi connectivity index (χ3n) is 2.46. The lowest BCUT2D eigenvalue weighted by Gasteiger charge is -2.10. The summed E-state index contributed by atoms with van der Waals surface area (Å²) in [5.41, 5.74) is 5.39. The highest BCUT2D eigenvalue weighted by Crippen LogP contribution is 2.22. The molecule has 0 bridgehead atoms. The number of carbonyl (C=O) groups is 1. The van der Waals surface area contributed by atoms with Gasteiger partial charge in [0.1, 0.15) is 5.82 Å². The van der Waals surface area contributed by atoms with E-state index in [4.69, 9.17) is 15.6 Å². The molecule has 0 spiro atoms. The van der Waals surface area contributed by atoms with Crippen molar-refractivity contribution in [1.29, 1.82) is 0 Å². The van der Waals surface area contributed by atoms with E-state index in [9.17, 15) is 9.18 Å². The van der Waals surface area contributed by atoms with Crippen molar-refractivity contribution in [2.24, 2.45) is 0 Å². The van der Waals surface area contributed by atoms with Crippen LogP contribution in [0, 0.1) is 5.82 Å². The van der Waals surface area contributed by atoms with E-state index in [1.807, 2.05) is 0 Å². The number of hydrogen-bond acceptors (Lipinski definition) is 4. The van der Waals surface area contributed by atoms with Crippen LogP contribution in [-0.4, -0.2) is 31.3 Å². The first-order chi connectivity index (χ1) is 8.56. The normalized spacial score (nSPS) is 10.3. The minimum absolute atomic E-state index is 0.0788. The Hall–Kier alpha value is -1.82. The fraction of sp³-hybridized carbons (Fsp3) is 0.417. The van der Waals surface area contributed by atoms with Crippen molar-refractivity contribution >= 4 is 17.3 Å². The number of ether oxygens (including phenoxy) is 1. The van der Waals surface area contributed by atoms with Gasteiger partial charge in [0.05, 0.1) is 11.3 Å². The van der Waals surface area contributed by atoms with Crippen molar-refractivity contribution in [3.8, 4) is 0 Å². The summed E-state index contributed by atoms with van der Waals surface area (Å²) < 4.78 is 18.4. The Balaban J connectivity index is 2.65. The van der Waals surface area contributed by atoms with Crippen molar-refractivity contribution in [2.45, 2.75) is 12.8 Å². The topological polar surface area (TPSA) is 84.6 Å². The average Bonchev–Trinajstić information content (AvgIpc) is 2.30. The lowest BCUT2D eigenvalue weighted by molar-refractivity contribution is 0.0698. The number of anilines is 2. The first-order valence-corrected chi connectivity index (χ1v) is 5.61. The molecule has 18 heavy (non-hydrogen) atoms. The standard InChI is InChI=1S/C12H17FN2O3/c1-18-5-3-2-4-15-11-6-8(12(16)17)10(14)7-9(11)13/h6-7,15H,2-5,14H2,1H3,(H,16,17). The van der Waals surface area contributed by atoms with Gasteiger partial charge in [-0.15, -0.1) is 0 Å². The molecule has 0 fully saturated rings. The highest BCUT2D eigenvalue weighted by molar-refractivity contribution is 5.94. The molecule has 4 N–H and O–H groups in total. The van der Waals surface area contributed by atoms with Crippen LogP contribution in [0.2, 0.25) is 0 Å². The molecule has 100 valence electrons. The number of rotatable bonds is 7.